The molecule has 0 saturated carbocycles. The standard InChI is InChI=1S/C15H17Cl2NO/c1-9-7-12(11(3)19-9)10(2)18-8-13-14(16)5-4-6-15(13)17/h4-7,10,18H,8H2,1-3H3. The summed E-state index contributed by atoms with van der Waals surface area (Å²) in [6, 6.07) is 7.79. The molecule has 1 heterocycles. The molecule has 1 atom stereocenters. The minimum absolute atomic E-state index is 0.185. The van der Waals surface area contributed by atoms with Gasteiger partial charge >= 0.3 is 0 Å². The smallest absolute Gasteiger partial charge is 0.105 e. The molecule has 0 radical (unpaired) electrons. The minimum atomic E-state index is 0.185. The molecular weight excluding hydrogens is 281 g/mol. The van der Waals surface area contributed by atoms with Crippen molar-refractivity contribution in [3.63, 3.8) is 0 Å². The number of hydrogen-bond donors (Lipinski definition) is 1. The summed E-state index contributed by atoms with van der Waals surface area (Å²) in [5.41, 5.74) is 2.09. The van der Waals surface area contributed by atoms with Crippen LogP contribution in [0.4, 0.5) is 0 Å². The van der Waals surface area contributed by atoms with E-state index in [1.165, 1.54) is 5.56 Å². The van der Waals surface area contributed by atoms with Gasteiger partial charge in [-0.05, 0) is 39.0 Å². The monoisotopic (exact) mass is 297 g/mol. The summed E-state index contributed by atoms with van der Waals surface area (Å²) in [5, 5.41) is 4.80. The van der Waals surface area contributed by atoms with E-state index in [2.05, 4.69) is 18.3 Å². The lowest BCUT2D eigenvalue weighted by atomic mass is 10.1. The lowest BCUT2D eigenvalue weighted by Crippen LogP contribution is -2.18. The second-order valence-corrected chi connectivity index (χ2v) is 5.49. The van der Waals surface area contributed by atoms with E-state index in [1.807, 2.05) is 32.0 Å². The number of rotatable bonds is 4. The molecule has 0 spiro atoms. The van der Waals surface area contributed by atoms with Gasteiger partial charge in [-0.25, -0.2) is 0 Å². The topological polar surface area (TPSA) is 25.2 Å². The first kappa shape index (κ1) is 14.4. The van der Waals surface area contributed by atoms with Crippen molar-refractivity contribution in [3.05, 3.63) is 57.0 Å². The molecule has 2 nitrogen and oxygen atoms in total. The number of aryl methyl sites for hydroxylation is 2. The van der Waals surface area contributed by atoms with Crippen molar-refractivity contribution in [2.24, 2.45) is 0 Å². The third-order valence-corrected chi connectivity index (χ3v) is 3.90. The Morgan fingerprint density at radius 3 is 2.37 bits per heavy atom. The quantitative estimate of drug-likeness (QED) is 0.854. The summed E-state index contributed by atoms with van der Waals surface area (Å²) in [6.07, 6.45) is 0. The van der Waals surface area contributed by atoms with Gasteiger partial charge in [-0.1, -0.05) is 29.3 Å². The summed E-state index contributed by atoms with van der Waals surface area (Å²) in [5.74, 6) is 1.87. The maximum absolute atomic E-state index is 6.15. The molecule has 4 heteroatoms. The molecule has 0 saturated heterocycles. The summed E-state index contributed by atoms with van der Waals surface area (Å²) in [6.45, 7) is 6.66. The SMILES string of the molecule is Cc1cc(C(C)NCc2c(Cl)cccc2Cl)c(C)o1. The predicted molar refractivity (Wildman–Crippen MR) is 79.9 cm³/mol. The van der Waals surface area contributed by atoms with Crippen molar-refractivity contribution in [2.75, 3.05) is 0 Å². The second-order valence-electron chi connectivity index (χ2n) is 4.67. The molecule has 102 valence electrons. The number of benzene rings is 1. The first-order valence-electron chi connectivity index (χ1n) is 6.22. The normalized spacial score (nSPS) is 12.7. The zero-order chi connectivity index (χ0) is 14.0. The van der Waals surface area contributed by atoms with Crippen molar-refractivity contribution < 1.29 is 4.42 Å². The third-order valence-electron chi connectivity index (χ3n) is 3.19. The lowest BCUT2D eigenvalue weighted by Gasteiger charge is -2.14. The third kappa shape index (κ3) is 3.33. The van der Waals surface area contributed by atoms with E-state index in [0.717, 1.165) is 17.1 Å². The molecule has 2 aromatic rings. The summed E-state index contributed by atoms with van der Waals surface area (Å²) in [4.78, 5) is 0. The maximum Gasteiger partial charge on any atom is 0.105 e. The van der Waals surface area contributed by atoms with Gasteiger partial charge in [0.25, 0.3) is 0 Å². The van der Waals surface area contributed by atoms with E-state index in [0.29, 0.717) is 16.6 Å². The van der Waals surface area contributed by atoms with Crippen LogP contribution in [0.15, 0.2) is 28.7 Å². The van der Waals surface area contributed by atoms with Gasteiger partial charge in [0.15, 0.2) is 0 Å². The Morgan fingerprint density at radius 2 is 1.84 bits per heavy atom. The fraction of sp³-hybridized carbons (Fsp3) is 0.333. The van der Waals surface area contributed by atoms with Crippen molar-refractivity contribution in [3.8, 4) is 0 Å². The van der Waals surface area contributed by atoms with Crippen molar-refractivity contribution >= 4 is 23.2 Å². The Labute approximate surface area is 123 Å². The molecule has 1 aromatic heterocycles. The Bertz CT molecular complexity index is 557. The van der Waals surface area contributed by atoms with Crippen LogP contribution in [-0.2, 0) is 6.54 Å². The lowest BCUT2D eigenvalue weighted by molar-refractivity contribution is 0.489. The van der Waals surface area contributed by atoms with Crippen LogP contribution in [0.25, 0.3) is 0 Å². The van der Waals surface area contributed by atoms with Crippen LogP contribution in [-0.4, -0.2) is 0 Å². The second kappa shape index (κ2) is 6.00. The highest BCUT2D eigenvalue weighted by Crippen LogP contribution is 2.26. The van der Waals surface area contributed by atoms with Crippen LogP contribution < -0.4 is 5.32 Å². The number of furan rings is 1. The van der Waals surface area contributed by atoms with Gasteiger partial charge in [0, 0.05) is 33.8 Å². The zero-order valence-corrected chi connectivity index (χ0v) is 12.8. The molecule has 0 fully saturated rings. The van der Waals surface area contributed by atoms with E-state index in [9.17, 15) is 0 Å². The molecule has 0 aliphatic carbocycles. The number of nitrogens with one attached hydrogen (secondary N) is 1. The van der Waals surface area contributed by atoms with E-state index in [1.54, 1.807) is 0 Å². The minimum Gasteiger partial charge on any atom is -0.466 e. The van der Waals surface area contributed by atoms with Crippen molar-refractivity contribution in [1.29, 1.82) is 0 Å². The van der Waals surface area contributed by atoms with Crippen molar-refractivity contribution in [2.45, 2.75) is 33.4 Å². The number of halogens is 2. The van der Waals surface area contributed by atoms with Gasteiger partial charge in [-0.3, -0.25) is 0 Å². The van der Waals surface area contributed by atoms with Gasteiger partial charge in [0.05, 0.1) is 0 Å². The molecule has 1 N–H and O–H groups in total. The summed E-state index contributed by atoms with van der Waals surface area (Å²) < 4.78 is 5.54. The van der Waals surface area contributed by atoms with Gasteiger partial charge in [-0.15, -0.1) is 0 Å². The molecule has 0 aliphatic rings. The first-order chi connectivity index (χ1) is 8.99. The maximum atomic E-state index is 6.15. The van der Waals surface area contributed by atoms with E-state index < -0.39 is 0 Å². The molecule has 0 bridgehead atoms. The van der Waals surface area contributed by atoms with Gasteiger partial charge < -0.3 is 9.73 Å². The highest BCUT2D eigenvalue weighted by molar-refractivity contribution is 6.35. The van der Waals surface area contributed by atoms with Gasteiger partial charge in [0.2, 0.25) is 0 Å². The van der Waals surface area contributed by atoms with E-state index >= 15 is 0 Å². The average Bonchev–Trinajstić information content (AvgIpc) is 2.67. The largest absolute Gasteiger partial charge is 0.466 e. The van der Waals surface area contributed by atoms with Crippen LogP contribution in [0.2, 0.25) is 10.0 Å². The van der Waals surface area contributed by atoms with E-state index in [-0.39, 0.29) is 6.04 Å². The fourth-order valence-electron chi connectivity index (χ4n) is 2.15. The van der Waals surface area contributed by atoms with Crippen LogP contribution in [0.1, 0.15) is 35.6 Å². The summed E-state index contributed by atoms with van der Waals surface area (Å²) >= 11 is 12.3. The molecule has 0 aliphatic heterocycles. The fourth-order valence-corrected chi connectivity index (χ4v) is 2.68. The first-order valence-corrected chi connectivity index (χ1v) is 6.98. The van der Waals surface area contributed by atoms with Gasteiger partial charge in [0.1, 0.15) is 11.5 Å². The molecule has 1 aromatic carbocycles. The molecule has 2 rings (SSSR count). The molecule has 19 heavy (non-hydrogen) atoms. The highest BCUT2D eigenvalue weighted by Gasteiger charge is 2.13. The van der Waals surface area contributed by atoms with Crippen LogP contribution >= 0.6 is 23.2 Å². The van der Waals surface area contributed by atoms with Crippen LogP contribution in [0.5, 0.6) is 0 Å². The Kier molecular flexibility index (Phi) is 4.56. The zero-order valence-electron chi connectivity index (χ0n) is 11.3. The van der Waals surface area contributed by atoms with Crippen LogP contribution in [0, 0.1) is 13.8 Å². The summed E-state index contributed by atoms with van der Waals surface area (Å²) in [7, 11) is 0. The van der Waals surface area contributed by atoms with E-state index in [4.69, 9.17) is 27.6 Å². The predicted octanol–water partition coefficient (Wildman–Crippen LogP) is 5.05. The Balaban J connectivity index is 2.08. The number of hydrogen-bond acceptors (Lipinski definition) is 2. The Morgan fingerprint density at radius 1 is 1.21 bits per heavy atom. The molecule has 0 amide bonds. The average molecular weight is 298 g/mol. The van der Waals surface area contributed by atoms with Gasteiger partial charge in [-0.2, -0.15) is 0 Å². The highest BCUT2D eigenvalue weighted by atomic mass is 35.5. The Hall–Kier alpha value is -0.960. The van der Waals surface area contributed by atoms with Crippen molar-refractivity contribution in [1.82, 2.24) is 5.32 Å². The van der Waals surface area contributed by atoms with Crippen LogP contribution in [0.3, 0.4) is 0 Å². The molecular formula is C15H17Cl2NO. The molecule has 1 unspecified atom stereocenters.